The molecule has 0 aliphatic rings. The van der Waals surface area contributed by atoms with Crippen LogP contribution in [-0.4, -0.2) is 59.8 Å². The van der Waals surface area contributed by atoms with Crippen LogP contribution in [0, 0.1) is 0 Å². The van der Waals surface area contributed by atoms with E-state index in [2.05, 4.69) is 51.4 Å². The van der Waals surface area contributed by atoms with E-state index in [1.54, 1.807) is 0 Å². The number of aromatic nitrogens is 3. The van der Waals surface area contributed by atoms with Gasteiger partial charge in [-0.05, 0) is 0 Å². The zero-order valence-electron chi connectivity index (χ0n) is 11.6. The summed E-state index contributed by atoms with van der Waals surface area (Å²) in [5.74, 6) is 0. The molecule has 0 aromatic carbocycles. The van der Waals surface area contributed by atoms with Gasteiger partial charge in [-0.15, -0.1) is 0 Å². The van der Waals surface area contributed by atoms with Gasteiger partial charge in [-0.3, -0.25) is 0 Å². The maximum absolute atomic E-state index is 4.51. The molecule has 3 aromatic heterocycles. The Bertz CT molecular complexity index is 582. The van der Waals surface area contributed by atoms with Crippen LogP contribution in [0.3, 0.4) is 0 Å². The molecule has 0 saturated heterocycles. The van der Waals surface area contributed by atoms with Crippen LogP contribution < -0.4 is 13.8 Å². The van der Waals surface area contributed by atoms with E-state index in [1.807, 2.05) is 36.8 Å². The fraction of sp³-hybridized carbons (Fsp3) is 0.0625. The topological polar surface area (TPSA) is 38.7 Å². The van der Waals surface area contributed by atoms with E-state index in [9.17, 15) is 0 Å². The monoisotopic (exact) mass is 487 g/mol. The minimum absolute atomic E-state index is 0.357. The van der Waals surface area contributed by atoms with Gasteiger partial charge in [0.15, 0.2) is 0 Å². The Morgan fingerprint density at radius 2 is 0.909 bits per heavy atom. The van der Waals surface area contributed by atoms with Crippen molar-refractivity contribution in [2.45, 2.75) is 2.61 Å². The molecule has 0 amide bonds. The Balaban J connectivity index is 1.75. The van der Waals surface area contributed by atoms with Crippen LogP contribution in [0.2, 0.25) is 2.61 Å². The van der Waals surface area contributed by atoms with Crippen molar-refractivity contribution in [3.8, 4) is 0 Å². The predicted molar refractivity (Wildman–Crippen MR) is 92.6 cm³/mol. The molecule has 0 unspecified atom stereocenters. The van der Waals surface area contributed by atoms with Crippen molar-refractivity contribution in [3.63, 3.8) is 0 Å². The summed E-state index contributed by atoms with van der Waals surface area (Å²) in [6.07, 6.45) is 5.65. The van der Waals surface area contributed by atoms with E-state index in [0.717, 1.165) is 0 Å². The third-order valence-corrected chi connectivity index (χ3v) is 13.1. The summed E-state index contributed by atoms with van der Waals surface area (Å²) < 4.78 is 4.29. The number of pyridine rings is 3. The molecule has 3 nitrogen and oxygen atoms in total. The Hall–Kier alpha value is -0.992. The number of hydrogen-bond acceptors (Lipinski definition) is 3. The Kier molecular flexibility index (Phi) is 6.20. The van der Waals surface area contributed by atoms with E-state index < -0.39 is 0 Å². The molecule has 0 aliphatic heterocycles. The summed E-state index contributed by atoms with van der Waals surface area (Å²) in [5.41, 5.74) is 0. The van der Waals surface area contributed by atoms with Crippen LogP contribution >= 0.6 is 0 Å². The Labute approximate surface area is 148 Å². The molecular formula is C16H13N3Se3. The van der Waals surface area contributed by atoms with Gasteiger partial charge in [-0.25, -0.2) is 0 Å². The van der Waals surface area contributed by atoms with E-state index in [-0.39, 0.29) is 0 Å². The van der Waals surface area contributed by atoms with Gasteiger partial charge in [0, 0.05) is 0 Å². The predicted octanol–water partition coefficient (Wildman–Crippen LogP) is -0.0360. The van der Waals surface area contributed by atoms with Gasteiger partial charge in [0.1, 0.15) is 0 Å². The molecule has 0 radical (unpaired) electrons. The molecule has 0 saturated carbocycles. The van der Waals surface area contributed by atoms with Crippen LogP contribution in [-0.2, 0) is 0 Å². The van der Waals surface area contributed by atoms with Crippen LogP contribution in [0.5, 0.6) is 0 Å². The molecule has 3 rings (SSSR count). The maximum atomic E-state index is 4.51. The van der Waals surface area contributed by atoms with Gasteiger partial charge >= 0.3 is 149 Å². The van der Waals surface area contributed by atoms with E-state index in [1.165, 1.54) is 13.8 Å². The number of nitrogens with zero attached hydrogens (tertiary/aromatic N) is 3. The van der Waals surface area contributed by atoms with Gasteiger partial charge in [-0.1, -0.05) is 0 Å². The summed E-state index contributed by atoms with van der Waals surface area (Å²) >= 11 is 1.07. The first kappa shape index (κ1) is 15.9. The normalized spacial score (nSPS) is 10.8. The number of rotatable bonds is 6. The number of hydrogen-bond donors (Lipinski definition) is 0. The summed E-state index contributed by atoms with van der Waals surface area (Å²) in [6, 6.07) is 18.5. The first-order chi connectivity index (χ1) is 10.9. The van der Waals surface area contributed by atoms with Crippen LogP contribution in [0.1, 0.15) is 0 Å². The van der Waals surface area contributed by atoms with Crippen LogP contribution in [0.15, 0.2) is 73.2 Å². The SMILES string of the molecule is c1ccc([Se]C([Se]c2ccccn2)[Se]c2ccccn2)nc1. The molecule has 0 bridgehead atoms. The molecule has 3 aromatic rings. The molecule has 6 heteroatoms. The summed E-state index contributed by atoms with van der Waals surface area (Å²) in [6.45, 7) is 0. The fourth-order valence-corrected chi connectivity index (χ4v) is 12.9. The zero-order chi connectivity index (χ0) is 15.0. The molecule has 0 N–H and O–H groups in total. The summed E-state index contributed by atoms with van der Waals surface area (Å²) in [7, 11) is 0. The molecule has 3 heterocycles. The zero-order valence-corrected chi connectivity index (χ0v) is 16.7. The quantitative estimate of drug-likeness (QED) is 0.462. The molecule has 110 valence electrons. The van der Waals surface area contributed by atoms with Gasteiger partial charge in [0.05, 0.1) is 0 Å². The third kappa shape index (κ3) is 5.03. The molecule has 0 atom stereocenters. The summed E-state index contributed by atoms with van der Waals surface area (Å²) in [5, 5.41) is 0. The van der Waals surface area contributed by atoms with E-state index in [0.29, 0.717) is 47.5 Å². The molecule has 0 aliphatic carbocycles. The van der Waals surface area contributed by atoms with Crippen molar-refractivity contribution < 1.29 is 0 Å². The van der Waals surface area contributed by atoms with Crippen molar-refractivity contribution in [2.24, 2.45) is 0 Å². The van der Waals surface area contributed by atoms with Gasteiger partial charge < -0.3 is 0 Å². The van der Waals surface area contributed by atoms with Crippen molar-refractivity contribution in [1.29, 1.82) is 0 Å². The molecular weight excluding hydrogens is 471 g/mol. The van der Waals surface area contributed by atoms with Gasteiger partial charge in [0.25, 0.3) is 0 Å². The van der Waals surface area contributed by atoms with Crippen molar-refractivity contribution >= 4 is 58.6 Å². The second-order valence-electron chi connectivity index (χ2n) is 4.15. The fourth-order valence-electron chi connectivity index (χ4n) is 1.62. The van der Waals surface area contributed by atoms with Crippen LogP contribution in [0.4, 0.5) is 0 Å². The summed E-state index contributed by atoms with van der Waals surface area (Å²) in [4.78, 5) is 13.5. The first-order valence-corrected chi connectivity index (χ1v) is 12.2. The van der Waals surface area contributed by atoms with E-state index >= 15 is 0 Å². The van der Waals surface area contributed by atoms with Crippen LogP contribution in [0.25, 0.3) is 0 Å². The van der Waals surface area contributed by atoms with Crippen molar-refractivity contribution in [2.75, 3.05) is 0 Å². The Morgan fingerprint density at radius 1 is 0.545 bits per heavy atom. The van der Waals surface area contributed by atoms with Gasteiger partial charge in [-0.2, -0.15) is 0 Å². The minimum atomic E-state index is 0.357. The standard InChI is InChI=1S/C16H13N3Se3/c1-4-10-17-13(7-1)20-16(21-14-8-2-5-11-18-14)22-15-9-3-6-12-19-15/h1-12,16H. The second-order valence-corrected chi connectivity index (χ2v) is 15.8. The van der Waals surface area contributed by atoms with E-state index in [4.69, 9.17) is 0 Å². The molecule has 0 spiro atoms. The Morgan fingerprint density at radius 3 is 1.18 bits per heavy atom. The average Bonchev–Trinajstić information content (AvgIpc) is 2.57. The second kappa shape index (κ2) is 8.59. The first-order valence-electron chi connectivity index (χ1n) is 6.63. The van der Waals surface area contributed by atoms with Crippen molar-refractivity contribution in [1.82, 2.24) is 15.0 Å². The van der Waals surface area contributed by atoms with Crippen molar-refractivity contribution in [3.05, 3.63) is 73.2 Å². The molecule has 0 fully saturated rings. The van der Waals surface area contributed by atoms with Gasteiger partial charge in [0.2, 0.25) is 0 Å². The third-order valence-electron chi connectivity index (χ3n) is 2.56. The molecule has 22 heavy (non-hydrogen) atoms. The average molecular weight is 484 g/mol.